The van der Waals surface area contributed by atoms with Gasteiger partial charge >= 0.3 is 5.97 Å². The molecular formula is C22H28F2N4O4S. The topological polar surface area (TPSA) is 116 Å². The number of hydrogen-bond acceptors (Lipinski definition) is 6. The molecule has 2 amide bonds. The predicted molar refractivity (Wildman–Crippen MR) is 120 cm³/mol. The zero-order valence-electron chi connectivity index (χ0n) is 19.1. The van der Waals surface area contributed by atoms with Crippen LogP contribution < -0.4 is 15.9 Å². The van der Waals surface area contributed by atoms with Crippen molar-refractivity contribution in [2.24, 2.45) is 22.1 Å². The third-order valence-corrected chi connectivity index (χ3v) is 5.23. The molecule has 1 atom stereocenters. The van der Waals surface area contributed by atoms with Gasteiger partial charge in [-0.05, 0) is 23.5 Å². The summed E-state index contributed by atoms with van der Waals surface area (Å²) in [4.78, 5) is 40.5. The van der Waals surface area contributed by atoms with E-state index in [1.54, 1.807) is 25.4 Å². The lowest BCUT2D eigenvalue weighted by molar-refractivity contribution is -0.150. The van der Waals surface area contributed by atoms with Gasteiger partial charge in [0.25, 0.3) is 5.91 Å². The number of halogens is 2. The molecule has 0 aliphatic carbocycles. The highest BCUT2D eigenvalue weighted by Crippen LogP contribution is 2.24. The fourth-order valence-electron chi connectivity index (χ4n) is 2.62. The number of thiazole rings is 1. The number of esters is 1. The van der Waals surface area contributed by atoms with Crippen molar-refractivity contribution in [3.63, 3.8) is 0 Å². The van der Waals surface area contributed by atoms with Gasteiger partial charge in [-0.2, -0.15) is 4.99 Å². The first-order valence-corrected chi connectivity index (χ1v) is 11.1. The van der Waals surface area contributed by atoms with Crippen LogP contribution in [-0.2, 0) is 21.1 Å². The van der Waals surface area contributed by atoms with E-state index in [2.05, 4.69) is 10.3 Å². The van der Waals surface area contributed by atoms with E-state index in [4.69, 9.17) is 10.5 Å². The maximum Gasteiger partial charge on any atom is 0.324 e. The summed E-state index contributed by atoms with van der Waals surface area (Å²) >= 11 is 1.07. The molecule has 0 aliphatic rings. The number of benzene rings is 1. The molecule has 0 radical (unpaired) electrons. The van der Waals surface area contributed by atoms with Crippen LogP contribution >= 0.6 is 11.3 Å². The van der Waals surface area contributed by atoms with Gasteiger partial charge in [-0.25, -0.2) is 8.78 Å². The third kappa shape index (κ3) is 7.57. The second-order valence-corrected chi connectivity index (χ2v) is 9.91. The molecule has 2 aromatic rings. The minimum atomic E-state index is -1.09. The Morgan fingerprint density at radius 2 is 1.82 bits per heavy atom. The van der Waals surface area contributed by atoms with E-state index in [0.717, 1.165) is 23.5 Å². The van der Waals surface area contributed by atoms with Crippen LogP contribution in [0.25, 0.3) is 0 Å². The minimum Gasteiger partial charge on any atom is -0.443 e. The molecule has 0 bridgehead atoms. The lowest BCUT2D eigenvalue weighted by Gasteiger charge is -2.17. The van der Waals surface area contributed by atoms with E-state index < -0.39 is 41.1 Å². The molecule has 0 fully saturated rings. The summed E-state index contributed by atoms with van der Waals surface area (Å²) < 4.78 is 35.4. The summed E-state index contributed by atoms with van der Waals surface area (Å²) in [6, 6.07) is 0.822. The van der Waals surface area contributed by atoms with Crippen LogP contribution in [0.4, 0.5) is 14.5 Å². The molecule has 1 aromatic heterocycles. The zero-order valence-corrected chi connectivity index (χ0v) is 20.0. The van der Waals surface area contributed by atoms with Crippen molar-refractivity contribution >= 4 is 34.8 Å². The number of nitrogens with two attached hydrogens (primary N) is 1. The second kappa shape index (κ2) is 10.8. The van der Waals surface area contributed by atoms with Gasteiger partial charge < -0.3 is 15.8 Å². The molecule has 1 unspecified atom stereocenters. The van der Waals surface area contributed by atoms with Gasteiger partial charge in [-0.3, -0.25) is 19.0 Å². The Labute approximate surface area is 194 Å². The molecular weight excluding hydrogens is 454 g/mol. The highest BCUT2D eigenvalue weighted by molar-refractivity contribution is 7.07. The highest BCUT2D eigenvalue weighted by Gasteiger charge is 2.21. The summed E-state index contributed by atoms with van der Waals surface area (Å²) in [5.74, 6) is -4.34. The second-order valence-electron chi connectivity index (χ2n) is 9.04. The average molecular weight is 483 g/mol. The summed E-state index contributed by atoms with van der Waals surface area (Å²) in [5.41, 5.74) is 4.41. The lowest BCUT2D eigenvalue weighted by Crippen LogP contribution is -2.37. The number of nitrogens with zero attached hydrogens (tertiary/aromatic N) is 2. The fourth-order valence-corrected chi connectivity index (χ4v) is 3.33. The quantitative estimate of drug-likeness (QED) is 0.587. The normalized spacial score (nSPS) is 13.2. The Hall–Kier alpha value is -2.92. The Balaban J connectivity index is 2.19. The van der Waals surface area contributed by atoms with Crippen molar-refractivity contribution in [3.05, 3.63) is 45.7 Å². The Bertz CT molecular complexity index is 1080. The average Bonchev–Trinajstić information content (AvgIpc) is 3.13. The molecule has 11 heteroatoms. The minimum absolute atomic E-state index is 0.0624. The van der Waals surface area contributed by atoms with Crippen molar-refractivity contribution < 1.29 is 27.9 Å². The molecule has 180 valence electrons. The van der Waals surface area contributed by atoms with E-state index in [1.807, 2.05) is 20.8 Å². The van der Waals surface area contributed by atoms with Gasteiger partial charge in [0.05, 0.1) is 0 Å². The van der Waals surface area contributed by atoms with Gasteiger partial charge in [-0.1, -0.05) is 34.6 Å². The van der Waals surface area contributed by atoms with E-state index in [9.17, 15) is 23.2 Å². The van der Waals surface area contributed by atoms with Gasteiger partial charge in [0, 0.05) is 23.6 Å². The Kier molecular flexibility index (Phi) is 8.62. The summed E-state index contributed by atoms with van der Waals surface area (Å²) in [7, 11) is 0. The molecule has 2 rings (SSSR count). The molecule has 0 aliphatic heterocycles. The molecule has 0 spiro atoms. The first-order chi connectivity index (χ1) is 15.3. The molecule has 0 saturated heterocycles. The van der Waals surface area contributed by atoms with Crippen LogP contribution in [0, 0.1) is 23.0 Å². The summed E-state index contributed by atoms with van der Waals surface area (Å²) in [6.45, 7) is 8.79. The number of rotatable bonds is 7. The van der Waals surface area contributed by atoms with Crippen molar-refractivity contribution in [1.82, 2.24) is 4.57 Å². The maximum absolute atomic E-state index is 14.5. The number of hydrogen-bond donors (Lipinski definition) is 2. The molecule has 1 aromatic carbocycles. The Morgan fingerprint density at radius 1 is 1.21 bits per heavy atom. The largest absolute Gasteiger partial charge is 0.443 e. The van der Waals surface area contributed by atoms with Crippen LogP contribution in [0.5, 0.6) is 0 Å². The number of anilines is 1. The van der Waals surface area contributed by atoms with Crippen LogP contribution in [-0.4, -0.2) is 28.4 Å². The predicted octanol–water partition coefficient (Wildman–Crippen LogP) is 3.43. The number of amides is 2. The van der Waals surface area contributed by atoms with Crippen LogP contribution in [0.2, 0.25) is 0 Å². The number of carbonyl (C=O) groups excluding carboxylic acids is 3. The SMILES string of the molecule is CC(C)C(N)C(=O)OCn1ccsc1=NC(=O)c1cc(F)c(NC(=O)CC(C)(C)C)c(F)c1. The van der Waals surface area contributed by atoms with Gasteiger partial charge in [0.15, 0.2) is 23.2 Å². The standard InChI is InChI=1S/C22H28F2N4O4S/c1-12(2)17(25)20(31)32-11-28-6-7-33-21(28)27-19(30)13-8-14(23)18(15(24)9-13)26-16(29)10-22(3,4)5/h6-9,12,17H,10-11,25H2,1-5H3,(H,26,29). The van der Waals surface area contributed by atoms with E-state index in [0.29, 0.717) is 0 Å². The van der Waals surface area contributed by atoms with E-state index >= 15 is 0 Å². The molecule has 33 heavy (non-hydrogen) atoms. The van der Waals surface area contributed by atoms with Crippen molar-refractivity contribution in [1.29, 1.82) is 0 Å². The van der Waals surface area contributed by atoms with Crippen molar-refractivity contribution in [3.8, 4) is 0 Å². The fraction of sp³-hybridized carbons (Fsp3) is 0.455. The Morgan fingerprint density at radius 3 is 2.36 bits per heavy atom. The molecule has 3 N–H and O–H groups in total. The number of aromatic nitrogens is 1. The first kappa shape index (κ1) is 26.3. The number of nitrogens with one attached hydrogen (secondary N) is 1. The summed E-state index contributed by atoms with van der Waals surface area (Å²) in [6.07, 6.45) is 1.60. The van der Waals surface area contributed by atoms with Crippen molar-refractivity contribution in [2.75, 3.05) is 5.32 Å². The molecule has 1 heterocycles. The van der Waals surface area contributed by atoms with Crippen LogP contribution in [0.1, 0.15) is 51.4 Å². The first-order valence-electron chi connectivity index (χ1n) is 10.2. The lowest BCUT2D eigenvalue weighted by atomic mass is 9.92. The van der Waals surface area contributed by atoms with Gasteiger partial charge in [0.1, 0.15) is 11.7 Å². The third-order valence-electron chi connectivity index (χ3n) is 4.44. The van der Waals surface area contributed by atoms with E-state index in [1.165, 1.54) is 4.57 Å². The number of carbonyl (C=O) groups is 3. The van der Waals surface area contributed by atoms with Gasteiger partial charge in [0.2, 0.25) is 5.91 Å². The van der Waals surface area contributed by atoms with Crippen molar-refractivity contribution in [2.45, 2.75) is 53.8 Å². The van der Waals surface area contributed by atoms with Crippen LogP contribution in [0.3, 0.4) is 0 Å². The zero-order chi connectivity index (χ0) is 24.9. The highest BCUT2D eigenvalue weighted by atomic mass is 32.1. The summed E-state index contributed by atoms with van der Waals surface area (Å²) in [5, 5.41) is 3.82. The monoisotopic (exact) mass is 482 g/mol. The van der Waals surface area contributed by atoms with Gasteiger partial charge in [-0.15, -0.1) is 11.3 Å². The number of ether oxygens (including phenoxy) is 1. The molecule has 8 nitrogen and oxygen atoms in total. The van der Waals surface area contributed by atoms with E-state index in [-0.39, 0.29) is 34.8 Å². The molecule has 0 saturated carbocycles. The smallest absolute Gasteiger partial charge is 0.324 e. The maximum atomic E-state index is 14.5. The van der Waals surface area contributed by atoms with Crippen LogP contribution in [0.15, 0.2) is 28.7 Å².